The number of pyridine rings is 1. The van der Waals surface area contributed by atoms with Crippen LogP contribution in [-0.4, -0.2) is 23.7 Å². The third-order valence-corrected chi connectivity index (χ3v) is 3.99. The van der Waals surface area contributed by atoms with Gasteiger partial charge in [0.2, 0.25) is 0 Å². The standard InChI is InChI=1S/C18H16N2O6/c1-19-16(21)9-8-13-17(19)14(20(22)23)10-15(25-3)18(13)26-12-6-4-11(24-2)5-7-12/h4-10H,1-3H3. The number of nitro groups is 1. The van der Waals surface area contributed by atoms with E-state index in [9.17, 15) is 14.9 Å². The number of ether oxygens (including phenoxy) is 3. The number of hydrogen-bond acceptors (Lipinski definition) is 6. The topological polar surface area (TPSA) is 92.8 Å². The Balaban J connectivity index is 2.26. The second-order valence-electron chi connectivity index (χ2n) is 5.45. The lowest BCUT2D eigenvalue weighted by Gasteiger charge is -2.15. The minimum absolute atomic E-state index is 0.159. The molecule has 0 saturated heterocycles. The van der Waals surface area contributed by atoms with E-state index in [0.717, 1.165) is 0 Å². The second kappa shape index (κ2) is 6.75. The molecule has 3 rings (SSSR count). The highest BCUT2D eigenvalue weighted by Crippen LogP contribution is 2.42. The van der Waals surface area contributed by atoms with Gasteiger partial charge in [-0.1, -0.05) is 0 Å². The average Bonchev–Trinajstić information content (AvgIpc) is 2.65. The zero-order valence-corrected chi connectivity index (χ0v) is 14.4. The van der Waals surface area contributed by atoms with E-state index in [-0.39, 0.29) is 28.3 Å². The molecule has 0 saturated carbocycles. The number of hydrogen-bond donors (Lipinski definition) is 0. The Morgan fingerprint density at radius 1 is 1.00 bits per heavy atom. The highest BCUT2D eigenvalue weighted by atomic mass is 16.6. The monoisotopic (exact) mass is 356 g/mol. The molecule has 134 valence electrons. The first-order valence-corrected chi connectivity index (χ1v) is 7.63. The summed E-state index contributed by atoms with van der Waals surface area (Å²) in [6.45, 7) is 0. The normalized spacial score (nSPS) is 10.6. The van der Waals surface area contributed by atoms with E-state index in [4.69, 9.17) is 14.2 Å². The number of aryl methyl sites for hydroxylation is 1. The number of nitro benzene ring substituents is 1. The fourth-order valence-electron chi connectivity index (χ4n) is 2.68. The molecule has 0 unspecified atom stereocenters. The summed E-state index contributed by atoms with van der Waals surface area (Å²) in [6, 6.07) is 10.9. The predicted octanol–water partition coefficient (Wildman–Crippen LogP) is 3.26. The van der Waals surface area contributed by atoms with Crippen LogP contribution < -0.4 is 19.8 Å². The van der Waals surface area contributed by atoms with Crippen molar-refractivity contribution in [3.8, 4) is 23.0 Å². The summed E-state index contributed by atoms with van der Waals surface area (Å²) in [5.41, 5.74) is -0.438. The van der Waals surface area contributed by atoms with Crippen LogP contribution in [0.4, 0.5) is 5.69 Å². The molecule has 1 heterocycles. The number of methoxy groups -OCH3 is 2. The van der Waals surface area contributed by atoms with Gasteiger partial charge in [0, 0.05) is 13.1 Å². The quantitative estimate of drug-likeness (QED) is 0.515. The summed E-state index contributed by atoms with van der Waals surface area (Å²) in [6.07, 6.45) is 0. The first kappa shape index (κ1) is 17.3. The van der Waals surface area contributed by atoms with Gasteiger partial charge in [0.25, 0.3) is 11.2 Å². The maximum atomic E-state index is 12.0. The van der Waals surface area contributed by atoms with E-state index in [1.54, 1.807) is 31.4 Å². The Bertz CT molecular complexity index is 1040. The van der Waals surface area contributed by atoms with E-state index < -0.39 is 4.92 Å². The fourth-order valence-corrected chi connectivity index (χ4v) is 2.68. The van der Waals surface area contributed by atoms with E-state index >= 15 is 0 Å². The van der Waals surface area contributed by atoms with E-state index in [2.05, 4.69) is 0 Å². The molecule has 26 heavy (non-hydrogen) atoms. The van der Waals surface area contributed by atoms with Crippen LogP contribution in [0.2, 0.25) is 0 Å². The molecule has 8 heteroatoms. The van der Waals surface area contributed by atoms with E-state index in [1.807, 2.05) is 0 Å². The van der Waals surface area contributed by atoms with Crippen LogP contribution >= 0.6 is 0 Å². The minimum Gasteiger partial charge on any atom is -0.497 e. The van der Waals surface area contributed by atoms with Crippen LogP contribution in [0.15, 0.2) is 47.3 Å². The van der Waals surface area contributed by atoms with Gasteiger partial charge in [-0.05, 0) is 30.3 Å². The van der Waals surface area contributed by atoms with Crippen molar-refractivity contribution < 1.29 is 19.1 Å². The SMILES string of the molecule is COc1ccc(Oc2c(OC)cc([N+](=O)[O-])c3c2ccc(=O)n3C)cc1. The molecule has 0 atom stereocenters. The van der Waals surface area contributed by atoms with Gasteiger partial charge in [-0.25, -0.2) is 0 Å². The molecule has 0 fully saturated rings. The van der Waals surface area contributed by atoms with Gasteiger partial charge in [-0.3, -0.25) is 14.9 Å². The Hall–Kier alpha value is -3.55. The molecular weight excluding hydrogens is 340 g/mol. The maximum absolute atomic E-state index is 12.0. The van der Waals surface area contributed by atoms with Crippen LogP contribution in [0.1, 0.15) is 0 Å². The van der Waals surface area contributed by atoms with E-state index in [1.165, 1.54) is 36.9 Å². The Kier molecular flexibility index (Phi) is 4.49. The van der Waals surface area contributed by atoms with Crippen molar-refractivity contribution in [2.75, 3.05) is 14.2 Å². The Morgan fingerprint density at radius 3 is 2.23 bits per heavy atom. The van der Waals surface area contributed by atoms with Gasteiger partial charge >= 0.3 is 0 Å². The summed E-state index contributed by atoms with van der Waals surface area (Å²) >= 11 is 0. The molecule has 3 aromatic rings. The number of aromatic nitrogens is 1. The Labute approximate surface area is 148 Å². The second-order valence-corrected chi connectivity index (χ2v) is 5.45. The van der Waals surface area contributed by atoms with Gasteiger partial charge in [0.05, 0.1) is 30.6 Å². The zero-order chi connectivity index (χ0) is 18.8. The summed E-state index contributed by atoms with van der Waals surface area (Å²) < 4.78 is 17.5. The third-order valence-electron chi connectivity index (χ3n) is 3.99. The molecule has 0 aliphatic carbocycles. The van der Waals surface area contributed by atoms with Crippen LogP contribution in [0, 0.1) is 10.1 Å². The molecule has 2 aromatic carbocycles. The van der Waals surface area contributed by atoms with Gasteiger partial charge < -0.3 is 18.8 Å². The maximum Gasteiger partial charge on any atom is 0.297 e. The highest BCUT2D eigenvalue weighted by molar-refractivity contribution is 5.95. The molecule has 0 amide bonds. The Morgan fingerprint density at radius 2 is 1.65 bits per heavy atom. The smallest absolute Gasteiger partial charge is 0.297 e. The number of rotatable bonds is 5. The summed E-state index contributed by atoms with van der Waals surface area (Å²) in [7, 11) is 4.43. The van der Waals surface area contributed by atoms with Crippen molar-refractivity contribution in [1.29, 1.82) is 0 Å². The van der Waals surface area contributed by atoms with Crippen molar-refractivity contribution in [3.05, 3.63) is 62.9 Å². The number of nitrogens with zero attached hydrogens (tertiary/aromatic N) is 2. The summed E-state index contributed by atoms with van der Waals surface area (Å²) in [4.78, 5) is 22.9. The molecule has 0 spiro atoms. The lowest BCUT2D eigenvalue weighted by Crippen LogP contribution is -2.16. The number of benzene rings is 2. The number of fused-ring (bicyclic) bond motifs is 1. The largest absolute Gasteiger partial charge is 0.497 e. The molecule has 0 bridgehead atoms. The fraction of sp³-hybridized carbons (Fsp3) is 0.167. The third kappa shape index (κ3) is 2.92. The van der Waals surface area contributed by atoms with Crippen LogP contribution in [0.3, 0.4) is 0 Å². The first-order chi connectivity index (χ1) is 12.5. The molecule has 8 nitrogen and oxygen atoms in total. The van der Waals surface area contributed by atoms with Crippen LogP contribution in [0.5, 0.6) is 23.0 Å². The lowest BCUT2D eigenvalue weighted by molar-refractivity contribution is -0.383. The van der Waals surface area contributed by atoms with Crippen LogP contribution in [-0.2, 0) is 7.05 Å². The van der Waals surface area contributed by atoms with Gasteiger partial charge in [-0.2, -0.15) is 0 Å². The molecule has 0 aliphatic heterocycles. The number of non-ortho nitro benzene ring substituents is 1. The molecule has 0 aliphatic rings. The molecule has 0 N–H and O–H groups in total. The van der Waals surface area contributed by atoms with Gasteiger partial charge in [-0.15, -0.1) is 0 Å². The molecule has 1 aromatic heterocycles. The van der Waals surface area contributed by atoms with Crippen molar-refractivity contribution in [1.82, 2.24) is 4.57 Å². The van der Waals surface area contributed by atoms with Gasteiger partial charge in [0.15, 0.2) is 11.5 Å². The zero-order valence-electron chi connectivity index (χ0n) is 14.4. The molecular formula is C18H16N2O6. The summed E-state index contributed by atoms with van der Waals surface area (Å²) in [5.74, 6) is 1.64. The molecule has 0 radical (unpaired) electrons. The van der Waals surface area contributed by atoms with Crippen molar-refractivity contribution in [2.45, 2.75) is 0 Å². The predicted molar refractivity (Wildman–Crippen MR) is 95.5 cm³/mol. The van der Waals surface area contributed by atoms with Crippen molar-refractivity contribution >= 4 is 16.6 Å². The van der Waals surface area contributed by atoms with E-state index in [0.29, 0.717) is 16.9 Å². The van der Waals surface area contributed by atoms with Crippen LogP contribution in [0.25, 0.3) is 10.9 Å². The van der Waals surface area contributed by atoms with Crippen molar-refractivity contribution in [3.63, 3.8) is 0 Å². The average molecular weight is 356 g/mol. The first-order valence-electron chi connectivity index (χ1n) is 7.63. The van der Waals surface area contributed by atoms with Gasteiger partial charge in [0.1, 0.15) is 17.0 Å². The lowest BCUT2D eigenvalue weighted by atomic mass is 10.1. The minimum atomic E-state index is -0.554. The summed E-state index contributed by atoms with van der Waals surface area (Å²) in [5, 5.41) is 11.9. The van der Waals surface area contributed by atoms with Crippen molar-refractivity contribution in [2.24, 2.45) is 7.05 Å². The highest BCUT2D eigenvalue weighted by Gasteiger charge is 2.23.